The molecule has 0 aromatic rings. The molecule has 1 rings (SSSR count). The van der Waals surface area contributed by atoms with Gasteiger partial charge in [-0.05, 0) is 32.1 Å². The zero-order chi connectivity index (χ0) is 15.7. The summed E-state index contributed by atoms with van der Waals surface area (Å²) >= 11 is 5.57. The van der Waals surface area contributed by atoms with Crippen LogP contribution < -0.4 is 5.32 Å². The number of rotatable bonds is 9. The zero-order valence-electron chi connectivity index (χ0n) is 12.8. The summed E-state index contributed by atoms with van der Waals surface area (Å²) in [6, 6.07) is 0. The summed E-state index contributed by atoms with van der Waals surface area (Å²) in [4.78, 5) is 11.9. The summed E-state index contributed by atoms with van der Waals surface area (Å²) in [6.45, 7) is 3.70. The first-order chi connectivity index (χ1) is 10.0. The van der Waals surface area contributed by atoms with E-state index in [2.05, 4.69) is 12.2 Å². The minimum atomic E-state index is -3.18. The fourth-order valence-corrected chi connectivity index (χ4v) is 4.22. The Hall–Kier alpha value is -0.330. The lowest BCUT2D eigenvalue weighted by Crippen LogP contribution is -2.43. The van der Waals surface area contributed by atoms with Gasteiger partial charge < -0.3 is 5.32 Å². The number of hydrogen-bond donors (Lipinski definition) is 1. The normalized spacial score (nSPS) is 17.8. The molecular weight excluding hydrogens is 312 g/mol. The fraction of sp³-hybridized carbons (Fsp3) is 0.929. The molecule has 21 heavy (non-hydrogen) atoms. The van der Waals surface area contributed by atoms with Crippen molar-refractivity contribution >= 4 is 27.5 Å². The highest BCUT2D eigenvalue weighted by molar-refractivity contribution is 7.89. The average Bonchev–Trinajstić information content (AvgIpc) is 2.47. The number of unbranched alkanes of at least 4 members (excludes halogenated alkanes) is 2. The summed E-state index contributed by atoms with van der Waals surface area (Å²) in [5.41, 5.74) is 0. The van der Waals surface area contributed by atoms with Crippen molar-refractivity contribution in [2.24, 2.45) is 5.92 Å². The van der Waals surface area contributed by atoms with Crippen LogP contribution in [-0.2, 0) is 14.8 Å². The van der Waals surface area contributed by atoms with Crippen LogP contribution in [0.4, 0.5) is 0 Å². The number of carbonyl (C=O) groups is 1. The molecule has 0 spiro atoms. The third kappa shape index (κ3) is 6.53. The van der Waals surface area contributed by atoms with Crippen LogP contribution in [0.25, 0.3) is 0 Å². The molecule has 1 N–H and O–H groups in total. The van der Waals surface area contributed by atoms with Crippen molar-refractivity contribution in [1.29, 1.82) is 0 Å². The second kappa shape index (κ2) is 9.64. The van der Waals surface area contributed by atoms with Gasteiger partial charge in [0.25, 0.3) is 0 Å². The van der Waals surface area contributed by atoms with Gasteiger partial charge in [-0.1, -0.05) is 13.3 Å². The SMILES string of the molecule is CCCCNC(=O)C1CCN(S(=O)(=O)CCCCCl)CC1. The van der Waals surface area contributed by atoms with E-state index >= 15 is 0 Å². The Morgan fingerprint density at radius 2 is 1.90 bits per heavy atom. The van der Waals surface area contributed by atoms with Crippen molar-refractivity contribution in [2.45, 2.75) is 45.4 Å². The zero-order valence-corrected chi connectivity index (χ0v) is 14.4. The molecule has 0 aromatic carbocycles. The summed E-state index contributed by atoms with van der Waals surface area (Å²) in [5.74, 6) is 0.682. The maximum Gasteiger partial charge on any atom is 0.223 e. The molecule has 0 saturated carbocycles. The van der Waals surface area contributed by atoms with Gasteiger partial charge in [0.15, 0.2) is 0 Å². The number of nitrogens with one attached hydrogen (secondary N) is 1. The van der Waals surface area contributed by atoms with Gasteiger partial charge in [0.2, 0.25) is 15.9 Å². The molecule has 1 saturated heterocycles. The van der Waals surface area contributed by atoms with Gasteiger partial charge in [0.05, 0.1) is 5.75 Å². The van der Waals surface area contributed by atoms with Crippen molar-refractivity contribution in [1.82, 2.24) is 9.62 Å². The molecule has 0 radical (unpaired) electrons. The van der Waals surface area contributed by atoms with Crippen LogP contribution in [0.5, 0.6) is 0 Å². The predicted octanol–water partition coefficient (Wildman–Crippen LogP) is 1.96. The van der Waals surface area contributed by atoms with Crippen molar-refractivity contribution in [3.63, 3.8) is 0 Å². The number of piperidine rings is 1. The lowest BCUT2D eigenvalue weighted by molar-refractivity contribution is -0.126. The lowest BCUT2D eigenvalue weighted by Gasteiger charge is -2.30. The maximum absolute atomic E-state index is 12.1. The molecule has 0 bridgehead atoms. The van der Waals surface area contributed by atoms with E-state index < -0.39 is 10.0 Å². The Bertz CT molecular complexity index is 406. The van der Waals surface area contributed by atoms with Crippen molar-refractivity contribution < 1.29 is 13.2 Å². The van der Waals surface area contributed by atoms with Gasteiger partial charge in [0, 0.05) is 31.4 Å². The number of amides is 1. The van der Waals surface area contributed by atoms with Crippen molar-refractivity contribution in [3.05, 3.63) is 0 Å². The molecule has 5 nitrogen and oxygen atoms in total. The lowest BCUT2D eigenvalue weighted by atomic mass is 9.97. The minimum Gasteiger partial charge on any atom is -0.356 e. The molecule has 1 aliphatic rings. The molecule has 1 aliphatic heterocycles. The van der Waals surface area contributed by atoms with E-state index in [0.717, 1.165) is 19.3 Å². The summed E-state index contributed by atoms with van der Waals surface area (Å²) in [7, 11) is -3.18. The second-order valence-electron chi connectivity index (χ2n) is 5.53. The first kappa shape index (κ1) is 18.7. The Balaban J connectivity index is 2.35. The second-order valence-corrected chi connectivity index (χ2v) is 8.00. The third-order valence-electron chi connectivity index (χ3n) is 3.83. The van der Waals surface area contributed by atoms with Crippen LogP contribution in [0.2, 0.25) is 0 Å². The summed E-state index contributed by atoms with van der Waals surface area (Å²) in [5, 5.41) is 2.93. The Morgan fingerprint density at radius 3 is 2.48 bits per heavy atom. The number of halogens is 1. The van der Waals surface area contributed by atoms with E-state index in [9.17, 15) is 13.2 Å². The van der Waals surface area contributed by atoms with E-state index in [1.807, 2.05) is 0 Å². The van der Waals surface area contributed by atoms with Crippen molar-refractivity contribution in [2.75, 3.05) is 31.3 Å². The Labute approximate surface area is 133 Å². The van der Waals surface area contributed by atoms with E-state index in [1.165, 1.54) is 4.31 Å². The van der Waals surface area contributed by atoms with Crippen LogP contribution in [0.15, 0.2) is 0 Å². The molecule has 7 heteroatoms. The molecule has 0 aliphatic carbocycles. The van der Waals surface area contributed by atoms with Gasteiger partial charge in [-0.2, -0.15) is 0 Å². The van der Waals surface area contributed by atoms with Gasteiger partial charge in [-0.15, -0.1) is 11.6 Å². The quantitative estimate of drug-likeness (QED) is 0.516. The summed E-state index contributed by atoms with van der Waals surface area (Å²) < 4.78 is 25.8. The molecule has 1 heterocycles. The highest BCUT2D eigenvalue weighted by Crippen LogP contribution is 2.20. The molecule has 124 valence electrons. The van der Waals surface area contributed by atoms with Crippen LogP contribution in [0.1, 0.15) is 45.4 Å². The summed E-state index contributed by atoms with van der Waals surface area (Å²) in [6.07, 6.45) is 4.60. The minimum absolute atomic E-state index is 0.0452. The molecule has 1 fully saturated rings. The largest absolute Gasteiger partial charge is 0.356 e. The van der Waals surface area contributed by atoms with Crippen LogP contribution in [-0.4, -0.2) is 49.9 Å². The van der Waals surface area contributed by atoms with Gasteiger partial charge in [-0.3, -0.25) is 4.79 Å². The standard InChI is InChI=1S/C14H27ClN2O3S/c1-2-3-9-16-14(18)13-6-10-17(11-7-13)21(19,20)12-5-4-8-15/h13H,2-12H2,1H3,(H,16,18). The first-order valence-electron chi connectivity index (χ1n) is 7.82. The maximum atomic E-state index is 12.1. The molecule has 1 amide bonds. The molecule has 0 unspecified atom stereocenters. The van der Waals surface area contributed by atoms with Crippen LogP contribution in [0, 0.1) is 5.92 Å². The number of hydrogen-bond acceptors (Lipinski definition) is 3. The monoisotopic (exact) mass is 338 g/mol. The van der Waals surface area contributed by atoms with E-state index in [-0.39, 0.29) is 17.6 Å². The molecule has 0 atom stereocenters. The van der Waals surface area contributed by atoms with Crippen LogP contribution >= 0.6 is 11.6 Å². The number of sulfonamides is 1. The highest BCUT2D eigenvalue weighted by Gasteiger charge is 2.30. The smallest absolute Gasteiger partial charge is 0.223 e. The number of alkyl halides is 1. The van der Waals surface area contributed by atoms with Crippen LogP contribution in [0.3, 0.4) is 0 Å². The Morgan fingerprint density at radius 1 is 1.24 bits per heavy atom. The highest BCUT2D eigenvalue weighted by atomic mass is 35.5. The van der Waals surface area contributed by atoms with Gasteiger partial charge in [0.1, 0.15) is 0 Å². The van der Waals surface area contributed by atoms with Gasteiger partial charge in [-0.25, -0.2) is 12.7 Å². The third-order valence-corrected chi connectivity index (χ3v) is 6.06. The van der Waals surface area contributed by atoms with E-state index in [1.54, 1.807) is 0 Å². The van der Waals surface area contributed by atoms with E-state index in [4.69, 9.17) is 11.6 Å². The van der Waals surface area contributed by atoms with Gasteiger partial charge >= 0.3 is 0 Å². The Kier molecular flexibility index (Phi) is 8.59. The van der Waals surface area contributed by atoms with E-state index in [0.29, 0.717) is 44.8 Å². The topological polar surface area (TPSA) is 66.5 Å². The first-order valence-corrected chi connectivity index (χ1v) is 9.97. The molecular formula is C14H27ClN2O3S. The number of carbonyl (C=O) groups excluding carboxylic acids is 1. The fourth-order valence-electron chi connectivity index (χ4n) is 2.44. The molecule has 0 aromatic heterocycles. The number of nitrogens with zero attached hydrogens (tertiary/aromatic N) is 1. The predicted molar refractivity (Wildman–Crippen MR) is 86.0 cm³/mol. The van der Waals surface area contributed by atoms with Crippen molar-refractivity contribution in [3.8, 4) is 0 Å². The average molecular weight is 339 g/mol.